The Labute approximate surface area is 108 Å². The summed E-state index contributed by atoms with van der Waals surface area (Å²) in [7, 11) is 0. The molecule has 2 nitrogen and oxygen atoms in total. The molecule has 0 aliphatic rings. The molecule has 0 amide bonds. The second-order valence-electron chi connectivity index (χ2n) is 4.05. The van der Waals surface area contributed by atoms with Crippen LogP contribution in [0.2, 0.25) is 0 Å². The third kappa shape index (κ3) is 1.76. The van der Waals surface area contributed by atoms with Crippen molar-refractivity contribution in [1.29, 1.82) is 0 Å². The molecule has 0 unspecified atom stereocenters. The molecule has 3 heteroatoms. The molecule has 1 aromatic carbocycles. The van der Waals surface area contributed by atoms with Crippen LogP contribution in [-0.4, -0.2) is 9.38 Å². The summed E-state index contributed by atoms with van der Waals surface area (Å²) < 4.78 is 3.03. The van der Waals surface area contributed by atoms with Crippen molar-refractivity contribution in [3.05, 3.63) is 58.8 Å². The van der Waals surface area contributed by atoms with E-state index in [1.54, 1.807) is 0 Å². The molecule has 0 saturated carbocycles. The fourth-order valence-electron chi connectivity index (χ4n) is 1.86. The monoisotopic (exact) mass is 286 g/mol. The van der Waals surface area contributed by atoms with Crippen LogP contribution in [0.5, 0.6) is 0 Å². The molecular weight excluding hydrogens is 276 g/mol. The zero-order chi connectivity index (χ0) is 11.8. The molecule has 2 aromatic heterocycles. The van der Waals surface area contributed by atoms with Gasteiger partial charge in [0.2, 0.25) is 0 Å². The van der Waals surface area contributed by atoms with Gasteiger partial charge < -0.3 is 0 Å². The average Bonchev–Trinajstić information content (AvgIpc) is 2.69. The van der Waals surface area contributed by atoms with Crippen molar-refractivity contribution >= 4 is 21.6 Å². The molecule has 3 rings (SSSR count). The SMILES string of the molecule is Cc1ccc(-c2nc3ccccn3c2Br)cc1. The van der Waals surface area contributed by atoms with Gasteiger partial charge in [-0.1, -0.05) is 35.9 Å². The standard InChI is InChI=1S/C14H11BrN2/c1-10-5-7-11(8-6-10)13-14(15)17-9-3-2-4-12(17)16-13/h2-9H,1H3. The van der Waals surface area contributed by atoms with Crippen molar-refractivity contribution in [2.45, 2.75) is 6.92 Å². The van der Waals surface area contributed by atoms with Gasteiger partial charge in [0.1, 0.15) is 15.9 Å². The third-order valence-corrected chi connectivity index (χ3v) is 3.55. The number of hydrogen-bond acceptors (Lipinski definition) is 1. The number of imidazole rings is 1. The number of pyridine rings is 1. The van der Waals surface area contributed by atoms with E-state index >= 15 is 0 Å². The van der Waals surface area contributed by atoms with E-state index in [1.165, 1.54) is 5.56 Å². The maximum atomic E-state index is 4.63. The van der Waals surface area contributed by atoms with Crippen molar-refractivity contribution in [1.82, 2.24) is 9.38 Å². The highest BCUT2D eigenvalue weighted by Crippen LogP contribution is 2.28. The molecule has 0 saturated heterocycles. The van der Waals surface area contributed by atoms with E-state index in [1.807, 2.05) is 28.8 Å². The summed E-state index contributed by atoms with van der Waals surface area (Å²) in [5.74, 6) is 0. The third-order valence-electron chi connectivity index (χ3n) is 2.80. The number of fused-ring (bicyclic) bond motifs is 1. The van der Waals surface area contributed by atoms with Gasteiger partial charge in [-0.05, 0) is 35.0 Å². The Morgan fingerprint density at radius 1 is 1.06 bits per heavy atom. The number of hydrogen-bond donors (Lipinski definition) is 0. The minimum Gasteiger partial charge on any atom is -0.294 e. The quantitative estimate of drug-likeness (QED) is 0.659. The fourth-order valence-corrected chi connectivity index (χ4v) is 2.48. The number of halogens is 1. The van der Waals surface area contributed by atoms with Gasteiger partial charge in [0.25, 0.3) is 0 Å². The Kier molecular flexibility index (Phi) is 2.48. The lowest BCUT2D eigenvalue weighted by Gasteiger charge is -1.98. The van der Waals surface area contributed by atoms with Gasteiger partial charge in [-0.2, -0.15) is 0 Å². The Balaban J connectivity index is 2.24. The van der Waals surface area contributed by atoms with E-state index in [4.69, 9.17) is 0 Å². The molecule has 3 aromatic rings. The number of benzene rings is 1. The number of aryl methyl sites for hydroxylation is 1. The van der Waals surface area contributed by atoms with Crippen molar-refractivity contribution in [2.24, 2.45) is 0 Å². The summed E-state index contributed by atoms with van der Waals surface area (Å²) in [6, 6.07) is 14.4. The minimum atomic E-state index is 0.954. The van der Waals surface area contributed by atoms with Crippen LogP contribution in [0, 0.1) is 6.92 Å². The fraction of sp³-hybridized carbons (Fsp3) is 0.0714. The van der Waals surface area contributed by atoms with Crippen LogP contribution >= 0.6 is 15.9 Å². The summed E-state index contributed by atoms with van der Waals surface area (Å²) in [5, 5.41) is 0. The molecule has 0 radical (unpaired) electrons. The Morgan fingerprint density at radius 3 is 2.53 bits per heavy atom. The lowest BCUT2D eigenvalue weighted by atomic mass is 10.1. The van der Waals surface area contributed by atoms with Gasteiger partial charge in [0, 0.05) is 11.8 Å². The molecule has 17 heavy (non-hydrogen) atoms. The smallest absolute Gasteiger partial charge is 0.138 e. The second-order valence-corrected chi connectivity index (χ2v) is 4.80. The Morgan fingerprint density at radius 2 is 1.82 bits per heavy atom. The van der Waals surface area contributed by atoms with Gasteiger partial charge in [0.15, 0.2) is 0 Å². The summed E-state index contributed by atoms with van der Waals surface area (Å²) in [6.45, 7) is 2.09. The largest absolute Gasteiger partial charge is 0.294 e. The summed E-state index contributed by atoms with van der Waals surface area (Å²) in [5.41, 5.74) is 4.32. The molecule has 0 spiro atoms. The van der Waals surface area contributed by atoms with Crippen molar-refractivity contribution in [3.8, 4) is 11.3 Å². The predicted molar refractivity (Wildman–Crippen MR) is 73.1 cm³/mol. The average molecular weight is 287 g/mol. The molecule has 0 fully saturated rings. The number of rotatable bonds is 1. The van der Waals surface area contributed by atoms with Crippen molar-refractivity contribution in [2.75, 3.05) is 0 Å². The van der Waals surface area contributed by atoms with Crippen LogP contribution < -0.4 is 0 Å². The Bertz CT molecular complexity index is 668. The molecule has 0 aliphatic heterocycles. The second kappa shape index (κ2) is 4.00. The molecule has 0 atom stereocenters. The molecule has 2 heterocycles. The summed E-state index contributed by atoms with van der Waals surface area (Å²) in [4.78, 5) is 4.63. The van der Waals surface area contributed by atoms with Crippen LogP contribution in [0.15, 0.2) is 53.3 Å². The van der Waals surface area contributed by atoms with Crippen LogP contribution in [0.25, 0.3) is 16.9 Å². The van der Waals surface area contributed by atoms with Crippen LogP contribution in [0.4, 0.5) is 0 Å². The van der Waals surface area contributed by atoms with Crippen LogP contribution in [0.1, 0.15) is 5.56 Å². The Hall–Kier alpha value is -1.61. The van der Waals surface area contributed by atoms with Gasteiger partial charge in [-0.15, -0.1) is 0 Å². The first-order chi connectivity index (χ1) is 8.25. The van der Waals surface area contributed by atoms with E-state index in [0.29, 0.717) is 0 Å². The zero-order valence-electron chi connectivity index (χ0n) is 9.39. The van der Waals surface area contributed by atoms with Gasteiger partial charge in [-0.25, -0.2) is 4.98 Å². The molecule has 84 valence electrons. The van der Waals surface area contributed by atoms with Gasteiger partial charge >= 0.3 is 0 Å². The highest BCUT2D eigenvalue weighted by atomic mass is 79.9. The first-order valence-electron chi connectivity index (χ1n) is 5.45. The van der Waals surface area contributed by atoms with E-state index < -0.39 is 0 Å². The molecule has 0 aliphatic carbocycles. The lowest BCUT2D eigenvalue weighted by Crippen LogP contribution is -1.82. The number of aromatic nitrogens is 2. The first kappa shape index (κ1) is 10.5. The summed E-state index contributed by atoms with van der Waals surface area (Å²) >= 11 is 3.61. The molecule has 0 N–H and O–H groups in total. The van der Waals surface area contributed by atoms with E-state index in [-0.39, 0.29) is 0 Å². The van der Waals surface area contributed by atoms with E-state index in [2.05, 4.69) is 52.1 Å². The zero-order valence-corrected chi connectivity index (χ0v) is 11.0. The van der Waals surface area contributed by atoms with Crippen molar-refractivity contribution < 1.29 is 0 Å². The van der Waals surface area contributed by atoms with Gasteiger partial charge in [-0.3, -0.25) is 4.40 Å². The van der Waals surface area contributed by atoms with E-state index in [0.717, 1.165) is 21.5 Å². The highest BCUT2D eigenvalue weighted by molar-refractivity contribution is 9.10. The molecule has 0 bridgehead atoms. The van der Waals surface area contributed by atoms with Crippen LogP contribution in [-0.2, 0) is 0 Å². The number of nitrogens with zero attached hydrogens (tertiary/aromatic N) is 2. The maximum absolute atomic E-state index is 4.63. The predicted octanol–water partition coefficient (Wildman–Crippen LogP) is 4.07. The van der Waals surface area contributed by atoms with Gasteiger partial charge in [0.05, 0.1) is 0 Å². The maximum Gasteiger partial charge on any atom is 0.138 e. The van der Waals surface area contributed by atoms with E-state index in [9.17, 15) is 0 Å². The van der Waals surface area contributed by atoms with Crippen molar-refractivity contribution in [3.63, 3.8) is 0 Å². The summed E-state index contributed by atoms with van der Waals surface area (Å²) in [6.07, 6.45) is 2.00. The topological polar surface area (TPSA) is 17.3 Å². The minimum absolute atomic E-state index is 0.954. The normalized spacial score (nSPS) is 10.9. The molecular formula is C14H11BrN2. The first-order valence-corrected chi connectivity index (χ1v) is 6.24. The lowest BCUT2D eigenvalue weighted by molar-refractivity contribution is 1.15. The van der Waals surface area contributed by atoms with Crippen LogP contribution in [0.3, 0.4) is 0 Å². The highest BCUT2D eigenvalue weighted by Gasteiger charge is 2.10.